The van der Waals surface area contributed by atoms with E-state index in [1.165, 1.54) is 0 Å². The number of carbonyl (C=O) groups is 1. The summed E-state index contributed by atoms with van der Waals surface area (Å²) in [6.45, 7) is 3.71. The Balaban J connectivity index is 1.90. The van der Waals surface area contributed by atoms with Crippen LogP contribution in [0.15, 0.2) is 18.5 Å². The lowest BCUT2D eigenvalue weighted by atomic mass is 10.2. The minimum absolute atomic E-state index is 0.0346. The van der Waals surface area contributed by atoms with E-state index in [9.17, 15) is 4.79 Å². The standard InChI is InChI=1S/C10H16N4O/c1-8(14-6-2-4-12-14)10(15)13-9-3-5-11-7-9/h2,4,6,8-9,11H,3,5,7H2,1H3,(H,13,15). The fraction of sp³-hybridized carbons (Fsp3) is 0.600. The number of rotatable bonds is 3. The summed E-state index contributed by atoms with van der Waals surface area (Å²) in [6, 6.07) is 1.86. The van der Waals surface area contributed by atoms with E-state index in [1.807, 2.05) is 13.0 Å². The molecule has 82 valence electrons. The average molecular weight is 208 g/mol. The summed E-state index contributed by atoms with van der Waals surface area (Å²) in [5.74, 6) is 0.0346. The number of hydrogen-bond donors (Lipinski definition) is 2. The number of nitrogens with one attached hydrogen (secondary N) is 2. The third-order valence-corrected chi connectivity index (χ3v) is 2.71. The van der Waals surface area contributed by atoms with E-state index < -0.39 is 0 Å². The Kier molecular flexibility index (Phi) is 3.01. The van der Waals surface area contributed by atoms with Gasteiger partial charge in [0, 0.05) is 25.0 Å². The molecule has 2 heterocycles. The first kappa shape index (κ1) is 10.2. The molecule has 5 heteroatoms. The van der Waals surface area contributed by atoms with Gasteiger partial charge in [-0.05, 0) is 26.0 Å². The summed E-state index contributed by atoms with van der Waals surface area (Å²) in [4.78, 5) is 11.8. The van der Waals surface area contributed by atoms with E-state index in [-0.39, 0.29) is 18.0 Å². The van der Waals surface area contributed by atoms with Crippen LogP contribution in [0.25, 0.3) is 0 Å². The summed E-state index contributed by atoms with van der Waals surface area (Å²) in [6.07, 6.45) is 4.50. The smallest absolute Gasteiger partial charge is 0.244 e. The highest BCUT2D eigenvalue weighted by atomic mass is 16.2. The van der Waals surface area contributed by atoms with E-state index >= 15 is 0 Å². The highest BCUT2D eigenvalue weighted by molar-refractivity contribution is 5.80. The van der Waals surface area contributed by atoms with Crippen LogP contribution in [0.4, 0.5) is 0 Å². The van der Waals surface area contributed by atoms with Crippen molar-refractivity contribution in [3.63, 3.8) is 0 Å². The van der Waals surface area contributed by atoms with Gasteiger partial charge in [0.2, 0.25) is 5.91 Å². The van der Waals surface area contributed by atoms with Crippen LogP contribution in [0.1, 0.15) is 19.4 Å². The Morgan fingerprint density at radius 3 is 3.20 bits per heavy atom. The molecule has 0 aliphatic carbocycles. The lowest BCUT2D eigenvalue weighted by Crippen LogP contribution is -2.40. The minimum atomic E-state index is -0.236. The summed E-state index contributed by atoms with van der Waals surface area (Å²) < 4.78 is 1.66. The molecule has 1 fully saturated rings. The predicted octanol–water partition coefficient (Wildman–Crippen LogP) is -0.0778. The molecule has 1 amide bonds. The van der Waals surface area contributed by atoms with Crippen molar-refractivity contribution >= 4 is 5.91 Å². The molecule has 5 nitrogen and oxygen atoms in total. The molecule has 1 aliphatic rings. The van der Waals surface area contributed by atoms with Crippen molar-refractivity contribution < 1.29 is 4.79 Å². The Morgan fingerprint density at radius 2 is 2.60 bits per heavy atom. The molecular formula is C10H16N4O. The molecule has 0 spiro atoms. The molecule has 2 unspecified atom stereocenters. The SMILES string of the molecule is CC(C(=O)NC1CCNC1)n1cccn1. The molecular weight excluding hydrogens is 192 g/mol. The van der Waals surface area contributed by atoms with Crippen LogP contribution >= 0.6 is 0 Å². The Labute approximate surface area is 88.8 Å². The van der Waals surface area contributed by atoms with Crippen molar-refractivity contribution in [2.75, 3.05) is 13.1 Å². The quantitative estimate of drug-likeness (QED) is 0.730. The van der Waals surface area contributed by atoms with Crippen LogP contribution < -0.4 is 10.6 Å². The number of aromatic nitrogens is 2. The molecule has 2 N–H and O–H groups in total. The van der Waals surface area contributed by atoms with E-state index in [4.69, 9.17) is 0 Å². The fourth-order valence-corrected chi connectivity index (χ4v) is 1.73. The molecule has 2 rings (SSSR count). The van der Waals surface area contributed by atoms with E-state index in [0.717, 1.165) is 19.5 Å². The van der Waals surface area contributed by atoms with Gasteiger partial charge in [0.25, 0.3) is 0 Å². The minimum Gasteiger partial charge on any atom is -0.350 e. The monoisotopic (exact) mass is 208 g/mol. The topological polar surface area (TPSA) is 59.0 Å². The lowest BCUT2D eigenvalue weighted by molar-refractivity contribution is -0.124. The van der Waals surface area contributed by atoms with Gasteiger partial charge in [-0.2, -0.15) is 5.10 Å². The fourth-order valence-electron chi connectivity index (χ4n) is 1.73. The zero-order valence-corrected chi connectivity index (χ0v) is 8.81. The van der Waals surface area contributed by atoms with E-state index in [2.05, 4.69) is 15.7 Å². The predicted molar refractivity (Wildman–Crippen MR) is 56.4 cm³/mol. The van der Waals surface area contributed by atoms with Gasteiger partial charge >= 0.3 is 0 Å². The molecule has 0 radical (unpaired) electrons. The third-order valence-electron chi connectivity index (χ3n) is 2.71. The maximum atomic E-state index is 11.8. The van der Waals surface area contributed by atoms with Crippen molar-refractivity contribution in [2.45, 2.75) is 25.4 Å². The van der Waals surface area contributed by atoms with Gasteiger partial charge in [0.15, 0.2) is 0 Å². The number of carbonyl (C=O) groups excluding carboxylic acids is 1. The Bertz CT molecular complexity index is 316. The molecule has 1 saturated heterocycles. The summed E-state index contributed by atoms with van der Waals surface area (Å²) in [5, 5.41) is 10.3. The zero-order valence-electron chi connectivity index (χ0n) is 8.81. The maximum absolute atomic E-state index is 11.8. The van der Waals surface area contributed by atoms with E-state index in [0.29, 0.717) is 0 Å². The van der Waals surface area contributed by atoms with Crippen molar-refractivity contribution in [1.29, 1.82) is 0 Å². The van der Waals surface area contributed by atoms with Gasteiger partial charge in [0.05, 0.1) is 0 Å². The normalized spacial score (nSPS) is 22.6. The van der Waals surface area contributed by atoms with Crippen LogP contribution in [0.2, 0.25) is 0 Å². The first-order valence-electron chi connectivity index (χ1n) is 5.27. The third kappa shape index (κ3) is 2.36. The maximum Gasteiger partial charge on any atom is 0.244 e. The summed E-state index contributed by atoms with van der Waals surface area (Å²) in [5.41, 5.74) is 0. The van der Waals surface area contributed by atoms with E-state index in [1.54, 1.807) is 17.1 Å². The Morgan fingerprint density at radius 1 is 1.73 bits per heavy atom. The first-order chi connectivity index (χ1) is 7.27. The summed E-state index contributed by atoms with van der Waals surface area (Å²) in [7, 11) is 0. The van der Waals surface area contributed by atoms with Crippen molar-refractivity contribution in [3.05, 3.63) is 18.5 Å². The van der Waals surface area contributed by atoms with Gasteiger partial charge < -0.3 is 10.6 Å². The largest absolute Gasteiger partial charge is 0.350 e. The summed E-state index contributed by atoms with van der Waals surface area (Å²) >= 11 is 0. The molecule has 15 heavy (non-hydrogen) atoms. The molecule has 1 aromatic rings. The van der Waals surface area contributed by atoms with Gasteiger partial charge in [0.1, 0.15) is 6.04 Å². The van der Waals surface area contributed by atoms with Gasteiger partial charge in [-0.15, -0.1) is 0 Å². The van der Waals surface area contributed by atoms with Crippen LogP contribution in [0.5, 0.6) is 0 Å². The number of nitrogens with zero attached hydrogens (tertiary/aromatic N) is 2. The second-order valence-corrected chi connectivity index (χ2v) is 3.86. The number of amides is 1. The van der Waals surface area contributed by atoms with Crippen molar-refractivity contribution in [1.82, 2.24) is 20.4 Å². The highest BCUT2D eigenvalue weighted by Crippen LogP contribution is 2.05. The molecule has 0 saturated carbocycles. The molecule has 0 aromatic carbocycles. The molecule has 1 aliphatic heterocycles. The molecule has 0 bridgehead atoms. The van der Waals surface area contributed by atoms with Crippen LogP contribution in [-0.4, -0.2) is 34.8 Å². The second-order valence-electron chi connectivity index (χ2n) is 3.86. The van der Waals surface area contributed by atoms with Gasteiger partial charge in [-0.25, -0.2) is 0 Å². The highest BCUT2D eigenvalue weighted by Gasteiger charge is 2.21. The van der Waals surface area contributed by atoms with Gasteiger partial charge in [-0.3, -0.25) is 9.48 Å². The van der Waals surface area contributed by atoms with Crippen LogP contribution in [-0.2, 0) is 4.79 Å². The molecule has 1 aromatic heterocycles. The van der Waals surface area contributed by atoms with Crippen molar-refractivity contribution in [2.24, 2.45) is 0 Å². The van der Waals surface area contributed by atoms with Crippen LogP contribution in [0, 0.1) is 0 Å². The molecule has 2 atom stereocenters. The first-order valence-corrected chi connectivity index (χ1v) is 5.27. The van der Waals surface area contributed by atoms with Gasteiger partial charge in [-0.1, -0.05) is 0 Å². The average Bonchev–Trinajstić information content (AvgIpc) is 2.88. The Hall–Kier alpha value is -1.36. The number of hydrogen-bond acceptors (Lipinski definition) is 3. The second kappa shape index (κ2) is 4.44. The van der Waals surface area contributed by atoms with Crippen LogP contribution in [0.3, 0.4) is 0 Å². The zero-order chi connectivity index (χ0) is 10.7. The van der Waals surface area contributed by atoms with Crippen molar-refractivity contribution in [3.8, 4) is 0 Å². The lowest BCUT2D eigenvalue weighted by Gasteiger charge is -2.16.